The molecule has 5 heteroatoms. The van der Waals surface area contributed by atoms with E-state index in [0.29, 0.717) is 19.6 Å². The first kappa shape index (κ1) is 17.7. The number of nitrogens with two attached hydrogens (primary N) is 1. The molecule has 1 aromatic carbocycles. The number of amides is 1. The van der Waals surface area contributed by atoms with Gasteiger partial charge in [0.15, 0.2) is 0 Å². The zero-order valence-electron chi connectivity index (χ0n) is 11.4. The zero-order chi connectivity index (χ0) is 13.2. The van der Waals surface area contributed by atoms with Crippen molar-refractivity contribution in [3.63, 3.8) is 0 Å². The third-order valence-electron chi connectivity index (χ3n) is 2.53. The number of rotatable bonds is 8. The number of carbonyl (C=O) groups excluding carboxylic acids is 1. The zero-order valence-corrected chi connectivity index (χ0v) is 12.2. The van der Waals surface area contributed by atoms with Crippen molar-refractivity contribution in [1.82, 2.24) is 0 Å². The van der Waals surface area contributed by atoms with Crippen LogP contribution in [0.15, 0.2) is 24.3 Å². The van der Waals surface area contributed by atoms with Gasteiger partial charge in [-0.1, -0.05) is 19.8 Å². The lowest BCUT2D eigenvalue weighted by Crippen LogP contribution is -2.12. The van der Waals surface area contributed by atoms with Crippen LogP contribution in [0.4, 0.5) is 5.69 Å². The van der Waals surface area contributed by atoms with Crippen LogP contribution in [-0.2, 0) is 4.79 Å². The molecule has 0 aliphatic rings. The van der Waals surface area contributed by atoms with E-state index in [0.717, 1.165) is 30.7 Å². The van der Waals surface area contributed by atoms with Gasteiger partial charge in [0.25, 0.3) is 0 Å². The van der Waals surface area contributed by atoms with Crippen molar-refractivity contribution in [3.05, 3.63) is 24.3 Å². The van der Waals surface area contributed by atoms with Gasteiger partial charge in [-0.3, -0.25) is 4.79 Å². The van der Waals surface area contributed by atoms with Crippen molar-refractivity contribution in [2.75, 3.05) is 18.5 Å². The minimum Gasteiger partial charge on any atom is -0.492 e. The first-order valence-electron chi connectivity index (χ1n) is 6.49. The van der Waals surface area contributed by atoms with Crippen molar-refractivity contribution in [2.24, 2.45) is 5.73 Å². The minimum absolute atomic E-state index is 0. The molecule has 4 nitrogen and oxygen atoms in total. The number of anilines is 1. The summed E-state index contributed by atoms with van der Waals surface area (Å²) in [5.74, 6) is 0.837. The van der Waals surface area contributed by atoms with Gasteiger partial charge in [0, 0.05) is 18.7 Å². The van der Waals surface area contributed by atoms with Crippen LogP contribution < -0.4 is 15.8 Å². The molecule has 1 aromatic rings. The molecule has 108 valence electrons. The number of nitrogens with one attached hydrogen (secondary N) is 1. The van der Waals surface area contributed by atoms with Crippen LogP contribution in [0.3, 0.4) is 0 Å². The summed E-state index contributed by atoms with van der Waals surface area (Å²) in [6.45, 7) is 3.12. The number of ether oxygens (including phenoxy) is 1. The maximum atomic E-state index is 11.6. The predicted octanol–water partition coefficient (Wildman–Crippen LogP) is 2.96. The Kier molecular flexibility index (Phi) is 9.94. The fourth-order valence-electron chi connectivity index (χ4n) is 1.57. The van der Waals surface area contributed by atoms with E-state index in [9.17, 15) is 4.79 Å². The Morgan fingerprint density at radius 3 is 2.53 bits per heavy atom. The number of carbonyl (C=O) groups is 1. The highest BCUT2D eigenvalue weighted by Gasteiger charge is 2.02. The van der Waals surface area contributed by atoms with E-state index in [1.165, 1.54) is 0 Å². The summed E-state index contributed by atoms with van der Waals surface area (Å²) in [6.07, 6.45) is 3.75. The van der Waals surface area contributed by atoms with Crippen LogP contribution in [0.2, 0.25) is 0 Å². The van der Waals surface area contributed by atoms with Gasteiger partial charge in [-0.15, -0.1) is 12.4 Å². The SMILES string of the molecule is CCCCCC(=O)Nc1ccc(OCCN)cc1.Cl. The molecule has 0 bridgehead atoms. The molecule has 0 saturated carbocycles. The smallest absolute Gasteiger partial charge is 0.224 e. The second-order valence-corrected chi connectivity index (χ2v) is 4.17. The largest absolute Gasteiger partial charge is 0.492 e. The van der Waals surface area contributed by atoms with Gasteiger partial charge in [0.2, 0.25) is 5.91 Å². The topological polar surface area (TPSA) is 64.3 Å². The van der Waals surface area contributed by atoms with Gasteiger partial charge in [-0.05, 0) is 30.7 Å². The average molecular weight is 287 g/mol. The van der Waals surface area contributed by atoms with Crippen LogP contribution in [0, 0.1) is 0 Å². The van der Waals surface area contributed by atoms with Crippen molar-refractivity contribution in [2.45, 2.75) is 32.6 Å². The van der Waals surface area contributed by atoms with Crippen LogP contribution in [-0.4, -0.2) is 19.1 Å². The number of unbranched alkanes of at least 4 members (excludes halogenated alkanes) is 2. The standard InChI is InChI=1S/C14H22N2O2.ClH/c1-2-3-4-5-14(17)16-12-6-8-13(9-7-12)18-11-10-15;/h6-9H,2-5,10-11,15H2,1H3,(H,16,17);1H. The third-order valence-corrected chi connectivity index (χ3v) is 2.53. The van der Waals surface area contributed by atoms with Gasteiger partial charge in [0.05, 0.1) is 0 Å². The third kappa shape index (κ3) is 7.70. The fourth-order valence-corrected chi connectivity index (χ4v) is 1.57. The molecule has 0 fully saturated rings. The fraction of sp³-hybridized carbons (Fsp3) is 0.500. The minimum atomic E-state index is 0. The monoisotopic (exact) mass is 286 g/mol. The molecule has 0 atom stereocenters. The Bertz CT molecular complexity index is 355. The van der Waals surface area contributed by atoms with E-state index in [4.69, 9.17) is 10.5 Å². The Labute approximate surface area is 121 Å². The summed E-state index contributed by atoms with van der Waals surface area (Å²) in [5.41, 5.74) is 6.15. The van der Waals surface area contributed by atoms with E-state index in [-0.39, 0.29) is 18.3 Å². The van der Waals surface area contributed by atoms with Crippen LogP contribution >= 0.6 is 12.4 Å². The predicted molar refractivity (Wildman–Crippen MR) is 81.0 cm³/mol. The lowest BCUT2D eigenvalue weighted by molar-refractivity contribution is -0.116. The molecule has 0 aliphatic carbocycles. The number of hydrogen-bond acceptors (Lipinski definition) is 3. The van der Waals surface area contributed by atoms with Crippen molar-refractivity contribution < 1.29 is 9.53 Å². The Morgan fingerprint density at radius 2 is 1.95 bits per heavy atom. The van der Waals surface area contributed by atoms with E-state index in [1.54, 1.807) is 0 Å². The first-order valence-corrected chi connectivity index (χ1v) is 6.49. The Morgan fingerprint density at radius 1 is 1.26 bits per heavy atom. The van der Waals surface area contributed by atoms with Crippen LogP contribution in [0.5, 0.6) is 5.75 Å². The molecule has 0 aliphatic heterocycles. The second-order valence-electron chi connectivity index (χ2n) is 4.17. The maximum absolute atomic E-state index is 11.6. The Hall–Kier alpha value is -1.26. The Balaban J connectivity index is 0.00000324. The molecule has 0 saturated heterocycles. The van der Waals surface area contributed by atoms with Crippen LogP contribution in [0.1, 0.15) is 32.6 Å². The van der Waals surface area contributed by atoms with Gasteiger partial charge in [0.1, 0.15) is 12.4 Å². The summed E-state index contributed by atoms with van der Waals surface area (Å²) >= 11 is 0. The van der Waals surface area contributed by atoms with E-state index in [2.05, 4.69) is 12.2 Å². The molecule has 0 radical (unpaired) electrons. The van der Waals surface area contributed by atoms with E-state index in [1.807, 2.05) is 24.3 Å². The number of benzene rings is 1. The maximum Gasteiger partial charge on any atom is 0.224 e. The second kappa shape index (κ2) is 10.6. The summed E-state index contributed by atoms with van der Waals surface area (Å²) in [4.78, 5) is 11.6. The molecular weight excluding hydrogens is 264 g/mol. The first-order chi connectivity index (χ1) is 8.76. The van der Waals surface area contributed by atoms with E-state index >= 15 is 0 Å². The summed E-state index contributed by atoms with van der Waals surface area (Å²) < 4.78 is 5.36. The normalized spacial score (nSPS) is 9.58. The molecule has 0 unspecified atom stereocenters. The van der Waals surface area contributed by atoms with Crippen molar-refractivity contribution >= 4 is 24.0 Å². The highest BCUT2D eigenvalue weighted by Crippen LogP contribution is 2.16. The van der Waals surface area contributed by atoms with Gasteiger partial charge < -0.3 is 15.8 Å². The molecule has 1 rings (SSSR count). The van der Waals surface area contributed by atoms with Gasteiger partial charge in [-0.2, -0.15) is 0 Å². The summed E-state index contributed by atoms with van der Waals surface area (Å²) in [6, 6.07) is 7.34. The molecule has 19 heavy (non-hydrogen) atoms. The van der Waals surface area contributed by atoms with Crippen LogP contribution in [0.25, 0.3) is 0 Å². The molecule has 1 amide bonds. The molecular formula is C14H23ClN2O2. The van der Waals surface area contributed by atoms with Gasteiger partial charge in [-0.25, -0.2) is 0 Å². The molecule has 3 N–H and O–H groups in total. The number of hydrogen-bond donors (Lipinski definition) is 2. The lowest BCUT2D eigenvalue weighted by Gasteiger charge is -2.07. The average Bonchev–Trinajstić information content (AvgIpc) is 2.38. The van der Waals surface area contributed by atoms with E-state index < -0.39 is 0 Å². The summed E-state index contributed by atoms with van der Waals surface area (Å²) in [7, 11) is 0. The van der Waals surface area contributed by atoms with Gasteiger partial charge >= 0.3 is 0 Å². The lowest BCUT2D eigenvalue weighted by atomic mass is 10.2. The molecule has 0 heterocycles. The number of halogens is 1. The highest BCUT2D eigenvalue weighted by atomic mass is 35.5. The quantitative estimate of drug-likeness (QED) is 0.722. The summed E-state index contributed by atoms with van der Waals surface area (Å²) in [5, 5.41) is 2.86. The molecule has 0 spiro atoms. The van der Waals surface area contributed by atoms with Crippen molar-refractivity contribution in [1.29, 1.82) is 0 Å². The molecule has 0 aromatic heterocycles. The highest BCUT2D eigenvalue weighted by molar-refractivity contribution is 5.90. The van der Waals surface area contributed by atoms with Crippen molar-refractivity contribution in [3.8, 4) is 5.75 Å².